The zero-order chi connectivity index (χ0) is 18.2. The second-order valence-corrected chi connectivity index (χ2v) is 5.63. The third-order valence-corrected chi connectivity index (χ3v) is 3.49. The van der Waals surface area contributed by atoms with E-state index in [4.69, 9.17) is 19.9 Å². The maximum atomic E-state index is 5.91. The predicted molar refractivity (Wildman–Crippen MR) is 101 cm³/mol. The fraction of sp³-hybridized carbons (Fsp3) is 0.316. The molecule has 2 aromatic rings. The van der Waals surface area contributed by atoms with Crippen LogP contribution in [-0.4, -0.2) is 33.3 Å². The average Bonchev–Trinajstić information content (AvgIpc) is 2.57. The van der Waals surface area contributed by atoms with Crippen LogP contribution in [0, 0.1) is 13.8 Å². The molecule has 2 rings (SSSR count). The highest BCUT2D eigenvalue weighted by Gasteiger charge is 2.05. The van der Waals surface area contributed by atoms with Gasteiger partial charge in [-0.3, -0.25) is 0 Å². The lowest BCUT2D eigenvalue weighted by Gasteiger charge is -2.11. The van der Waals surface area contributed by atoms with E-state index >= 15 is 0 Å². The van der Waals surface area contributed by atoms with Gasteiger partial charge in [0.05, 0.1) is 20.8 Å². The van der Waals surface area contributed by atoms with Crippen molar-refractivity contribution in [2.24, 2.45) is 10.7 Å². The largest absolute Gasteiger partial charge is 0.493 e. The van der Waals surface area contributed by atoms with Gasteiger partial charge >= 0.3 is 0 Å². The Kier molecular flexibility index (Phi) is 6.51. The molecule has 0 amide bonds. The number of nitrogens with one attached hydrogen (secondary N) is 1. The van der Waals surface area contributed by atoms with Crippen molar-refractivity contribution in [1.29, 1.82) is 0 Å². The van der Waals surface area contributed by atoms with Crippen molar-refractivity contribution in [3.8, 4) is 17.2 Å². The van der Waals surface area contributed by atoms with Crippen LogP contribution < -0.4 is 25.3 Å². The number of nitrogens with two attached hydrogens (primary N) is 1. The number of hydrogen-bond acceptors (Lipinski definition) is 4. The third kappa shape index (κ3) is 5.60. The monoisotopic (exact) mass is 343 g/mol. The van der Waals surface area contributed by atoms with Gasteiger partial charge in [0.1, 0.15) is 12.4 Å². The molecule has 0 atom stereocenters. The van der Waals surface area contributed by atoms with Gasteiger partial charge in [-0.2, -0.15) is 0 Å². The Morgan fingerprint density at radius 1 is 1.00 bits per heavy atom. The van der Waals surface area contributed by atoms with E-state index < -0.39 is 0 Å². The van der Waals surface area contributed by atoms with Gasteiger partial charge in [0, 0.05) is 11.8 Å². The standard InChI is InChI=1S/C19H25N3O3/c1-13-9-14(2)11-16(10-13)25-8-7-21-19(20)22-15-5-6-17(23-3)18(12-15)24-4/h5-6,9-12H,7-8H2,1-4H3,(H3,20,21,22). The highest BCUT2D eigenvalue weighted by Crippen LogP contribution is 2.29. The van der Waals surface area contributed by atoms with Crippen molar-refractivity contribution in [2.75, 3.05) is 32.7 Å². The summed E-state index contributed by atoms with van der Waals surface area (Å²) >= 11 is 0. The molecule has 2 aromatic carbocycles. The van der Waals surface area contributed by atoms with Crippen LogP contribution in [0.2, 0.25) is 0 Å². The van der Waals surface area contributed by atoms with Crippen molar-refractivity contribution in [2.45, 2.75) is 13.8 Å². The zero-order valence-electron chi connectivity index (χ0n) is 15.1. The Morgan fingerprint density at radius 3 is 2.32 bits per heavy atom. The van der Waals surface area contributed by atoms with Crippen LogP contribution in [0.25, 0.3) is 0 Å². The van der Waals surface area contributed by atoms with Gasteiger partial charge in [0.25, 0.3) is 0 Å². The molecule has 134 valence electrons. The topological polar surface area (TPSA) is 78.1 Å². The molecule has 0 heterocycles. The number of hydrogen-bond donors (Lipinski definition) is 2. The van der Waals surface area contributed by atoms with E-state index in [2.05, 4.69) is 16.4 Å². The molecular weight excluding hydrogens is 318 g/mol. The molecule has 0 radical (unpaired) electrons. The molecule has 0 aromatic heterocycles. The van der Waals surface area contributed by atoms with Gasteiger partial charge < -0.3 is 25.3 Å². The number of methoxy groups -OCH3 is 2. The van der Waals surface area contributed by atoms with Crippen molar-refractivity contribution < 1.29 is 14.2 Å². The molecule has 0 fully saturated rings. The van der Waals surface area contributed by atoms with Crippen molar-refractivity contribution in [3.63, 3.8) is 0 Å². The number of benzene rings is 2. The summed E-state index contributed by atoms with van der Waals surface area (Å²) in [6.07, 6.45) is 0. The van der Waals surface area contributed by atoms with E-state index in [-0.39, 0.29) is 0 Å². The molecule has 0 bridgehead atoms. The summed E-state index contributed by atoms with van der Waals surface area (Å²) in [5.41, 5.74) is 9.03. The van der Waals surface area contributed by atoms with E-state index in [1.54, 1.807) is 26.4 Å². The van der Waals surface area contributed by atoms with Crippen molar-refractivity contribution >= 4 is 11.6 Å². The number of ether oxygens (including phenoxy) is 3. The molecule has 6 nitrogen and oxygen atoms in total. The Bertz CT molecular complexity index is 724. The first-order chi connectivity index (χ1) is 12.0. The lowest BCUT2D eigenvalue weighted by molar-refractivity contribution is 0.328. The minimum atomic E-state index is 0.316. The van der Waals surface area contributed by atoms with Crippen LogP contribution in [0.3, 0.4) is 0 Å². The fourth-order valence-electron chi connectivity index (χ4n) is 2.45. The number of guanidine groups is 1. The molecule has 0 unspecified atom stereocenters. The molecule has 6 heteroatoms. The lowest BCUT2D eigenvalue weighted by atomic mass is 10.1. The van der Waals surface area contributed by atoms with E-state index in [1.807, 2.05) is 32.0 Å². The first kappa shape index (κ1) is 18.4. The van der Waals surface area contributed by atoms with Gasteiger partial charge in [0.15, 0.2) is 17.5 Å². The summed E-state index contributed by atoms with van der Waals surface area (Å²) in [6.45, 7) is 5.00. The molecule has 0 aliphatic heterocycles. The van der Waals surface area contributed by atoms with Gasteiger partial charge in [-0.05, 0) is 49.2 Å². The van der Waals surface area contributed by atoms with E-state index in [0.717, 1.165) is 11.4 Å². The Balaban J connectivity index is 1.87. The zero-order valence-corrected chi connectivity index (χ0v) is 15.1. The van der Waals surface area contributed by atoms with Gasteiger partial charge in [-0.1, -0.05) is 6.07 Å². The first-order valence-electron chi connectivity index (χ1n) is 8.02. The summed E-state index contributed by atoms with van der Waals surface area (Å²) in [6, 6.07) is 11.6. The van der Waals surface area contributed by atoms with E-state index in [9.17, 15) is 0 Å². The highest BCUT2D eigenvalue weighted by molar-refractivity contribution is 5.92. The van der Waals surface area contributed by atoms with Crippen LogP contribution in [0.4, 0.5) is 5.69 Å². The van der Waals surface area contributed by atoms with E-state index in [0.29, 0.717) is 30.6 Å². The molecule has 3 N–H and O–H groups in total. The number of anilines is 1. The second kappa shape index (κ2) is 8.82. The number of aliphatic imine (C=N–C) groups is 1. The predicted octanol–water partition coefficient (Wildman–Crippen LogP) is 3.13. The highest BCUT2D eigenvalue weighted by atomic mass is 16.5. The summed E-state index contributed by atoms with van der Waals surface area (Å²) in [7, 11) is 3.18. The molecular formula is C19H25N3O3. The minimum absolute atomic E-state index is 0.316. The molecule has 0 aliphatic rings. The van der Waals surface area contributed by atoms with Crippen LogP contribution in [0.5, 0.6) is 17.2 Å². The van der Waals surface area contributed by atoms with E-state index in [1.165, 1.54) is 11.1 Å². The Morgan fingerprint density at radius 2 is 1.68 bits per heavy atom. The molecule has 0 saturated heterocycles. The summed E-state index contributed by atoms with van der Waals surface area (Å²) in [5.74, 6) is 2.44. The second-order valence-electron chi connectivity index (χ2n) is 5.63. The average molecular weight is 343 g/mol. The van der Waals surface area contributed by atoms with Crippen LogP contribution in [-0.2, 0) is 0 Å². The van der Waals surface area contributed by atoms with Gasteiger partial charge in [-0.25, -0.2) is 4.99 Å². The maximum Gasteiger partial charge on any atom is 0.193 e. The summed E-state index contributed by atoms with van der Waals surface area (Å²) in [4.78, 5) is 4.26. The van der Waals surface area contributed by atoms with Gasteiger partial charge in [-0.15, -0.1) is 0 Å². The SMILES string of the molecule is COc1ccc(NC(N)=NCCOc2cc(C)cc(C)c2)cc1OC. The quantitative estimate of drug-likeness (QED) is 0.459. The normalized spacial score (nSPS) is 11.1. The molecule has 0 aliphatic carbocycles. The fourth-order valence-corrected chi connectivity index (χ4v) is 2.45. The Hall–Kier alpha value is -2.89. The maximum absolute atomic E-state index is 5.91. The summed E-state index contributed by atoms with van der Waals surface area (Å²) in [5, 5.41) is 3.02. The van der Waals surface area contributed by atoms with Crippen molar-refractivity contribution in [1.82, 2.24) is 0 Å². The first-order valence-corrected chi connectivity index (χ1v) is 8.02. The number of rotatable bonds is 7. The van der Waals surface area contributed by atoms with Crippen molar-refractivity contribution in [3.05, 3.63) is 47.5 Å². The number of aryl methyl sites for hydroxylation is 2. The minimum Gasteiger partial charge on any atom is -0.493 e. The smallest absolute Gasteiger partial charge is 0.193 e. The lowest BCUT2D eigenvalue weighted by Crippen LogP contribution is -2.23. The molecule has 25 heavy (non-hydrogen) atoms. The van der Waals surface area contributed by atoms with Crippen LogP contribution in [0.15, 0.2) is 41.4 Å². The van der Waals surface area contributed by atoms with Gasteiger partial charge in [0.2, 0.25) is 0 Å². The van der Waals surface area contributed by atoms with Crippen LogP contribution in [0.1, 0.15) is 11.1 Å². The molecule has 0 saturated carbocycles. The summed E-state index contributed by atoms with van der Waals surface area (Å²) < 4.78 is 16.2. The van der Waals surface area contributed by atoms with Crippen LogP contribution >= 0.6 is 0 Å². The Labute approximate surface area is 148 Å². The third-order valence-electron chi connectivity index (χ3n) is 3.49. The number of nitrogens with zero attached hydrogens (tertiary/aromatic N) is 1. The molecule has 0 spiro atoms.